The summed E-state index contributed by atoms with van der Waals surface area (Å²) in [5, 5.41) is 0. The summed E-state index contributed by atoms with van der Waals surface area (Å²) in [6.07, 6.45) is 5.71. The van der Waals surface area contributed by atoms with Crippen molar-refractivity contribution in [1.82, 2.24) is 0 Å². The van der Waals surface area contributed by atoms with Gasteiger partial charge in [0.25, 0.3) is 0 Å². The molecule has 1 aromatic rings. The first-order valence-electron chi connectivity index (χ1n) is 4.12. The highest BCUT2D eigenvalue weighted by Crippen LogP contribution is 2.21. The minimum atomic E-state index is 0.713. The molecule has 1 atom stereocenters. The van der Waals surface area contributed by atoms with Gasteiger partial charge < -0.3 is 0 Å². The van der Waals surface area contributed by atoms with Crippen molar-refractivity contribution in [3.05, 3.63) is 41.5 Å². The van der Waals surface area contributed by atoms with Gasteiger partial charge in [0.1, 0.15) is 0 Å². The van der Waals surface area contributed by atoms with Crippen molar-refractivity contribution in [3.63, 3.8) is 0 Å². The molecule has 0 aliphatic heterocycles. The fourth-order valence-electron chi connectivity index (χ4n) is 1.57. The first-order valence-corrected chi connectivity index (χ1v) is 4.12. The monoisotopic (exact) mass is 144 g/mol. The smallest absolute Gasteiger partial charge is 0.0212 e. The van der Waals surface area contributed by atoms with Crippen molar-refractivity contribution in [3.8, 4) is 0 Å². The third kappa shape index (κ3) is 1.21. The Hall–Kier alpha value is -1.04. The standard InChI is InChI=1S/C11H12/c1-9-6-7-10-4-2-3-5-11(10)8-9/h2-7,9H,8H2,1H3/t9-/m0/s1. The molecule has 1 aromatic carbocycles. The largest absolute Gasteiger partial charge is 0.0808 e. The molecular weight excluding hydrogens is 132 g/mol. The van der Waals surface area contributed by atoms with Crippen LogP contribution in [0, 0.1) is 5.92 Å². The summed E-state index contributed by atoms with van der Waals surface area (Å²) < 4.78 is 0. The van der Waals surface area contributed by atoms with E-state index in [9.17, 15) is 0 Å². The Balaban J connectivity index is 2.46. The number of benzene rings is 1. The van der Waals surface area contributed by atoms with E-state index in [0.29, 0.717) is 5.92 Å². The SMILES string of the molecule is C[C@H]1C=Cc2ccccc2C1. The van der Waals surface area contributed by atoms with Crippen LogP contribution in [0.5, 0.6) is 0 Å². The van der Waals surface area contributed by atoms with Gasteiger partial charge in [-0.1, -0.05) is 43.3 Å². The van der Waals surface area contributed by atoms with Gasteiger partial charge in [-0.25, -0.2) is 0 Å². The Morgan fingerprint density at radius 1 is 1.27 bits per heavy atom. The van der Waals surface area contributed by atoms with E-state index >= 15 is 0 Å². The van der Waals surface area contributed by atoms with E-state index in [1.807, 2.05) is 0 Å². The topological polar surface area (TPSA) is 0 Å². The van der Waals surface area contributed by atoms with E-state index in [4.69, 9.17) is 0 Å². The summed E-state index contributed by atoms with van der Waals surface area (Å²) in [6, 6.07) is 8.61. The third-order valence-corrected chi connectivity index (χ3v) is 2.20. The van der Waals surface area contributed by atoms with Crippen molar-refractivity contribution in [2.24, 2.45) is 5.92 Å². The number of allylic oxidation sites excluding steroid dienone is 1. The Morgan fingerprint density at radius 3 is 3.00 bits per heavy atom. The second-order valence-electron chi connectivity index (χ2n) is 3.24. The van der Waals surface area contributed by atoms with Crippen molar-refractivity contribution in [2.45, 2.75) is 13.3 Å². The van der Waals surface area contributed by atoms with Gasteiger partial charge in [0, 0.05) is 0 Å². The molecule has 56 valence electrons. The number of hydrogen-bond donors (Lipinski definition) is 0. The predicted molar refractivity (Wildman–Crippen MR) is 48.3 cm³/mol. The normalized spacial score (nSPS) is 21.4. The van der Waals surface area contributed by atoms with Gasteiger partial charge in [-0.05, 0) is 23.5 Å². The first kappa shape index (κ1) is 6.66. The lowest BCUT2D eigenvalue weighted by atomic mass is 9.91. The first-order chi connectivity index (χ1) is 5.36. The van der Waals surface area contributed by atoms with Crippen LogP contribution in [0.3, 0.4) is 0 Å². The molecule has 0 N–H and O–H groups in total. The molecule has 0 nitrogen and oxygen atoms in total. The maximum Gasteiger partial charge on any atom is -0.0212 e. The van der Waals surface area contributed by atoms with Crippen LogP contribution in [0.2, 0.25) is 0 Å². The summed E-state index contributed by atoms with van der Waals surface area (Å²) in [5.41, 5.74) is 2.88. The lowest BCUT2D eigenvalue weighted by molar-refractivity contribution is 0.717. The summed E-state index contributed by atoms with van der Waals surface area (Å²) in [6.45, 7) is 2.26. The van der Waals surface area contributed by atoms with Crippen LogP contribution in [-0.4, -0.2) is 0 Å². The van der Waals surface area contributed by atoms with Gasteiger partial charge in [-0.3, -0.25) is 0 Å². The zero-order chi connectivity index (χ0) is 7.68. The van der Waals surface area contributed by atoms with Crippen LogP contribution in [0.4, 0.5) is 0 Å². The molecule has 0 amide bonds. The summed E-state index contributed by atoms with van der Waals surface area (Å²) >= 11 is 0. The van der Waals surface area contributed by atoms with Gasteiger partial charge in [-0.2, -0.15) is 0 Å². The van der Waals surface area contributed by atoms with Crippen LogP contribution in [0.15, 0.2) is 30.3 Å². The van der Waals surface area contributed by atoms with Crippen LogP contribution >= 0.6 is 0 Å². The molecule has 0 unspecified atom stereocenters. The zero-order valence-corrected chi connectivity index (χ0v) is 6.75. The van der Waals surface area contributed by atoms with Crippen molar-refractivity contribution in [1.29, 1.82) is 0 Å². The fourth-order valence-corrected chi connectivity index (χ4v) is 1.57. The molecule has 0 bridgehead atoms. The summed E-state index contributed by atoms with van der Waals surface area (Å²) in [7, 11) is 0. The second-order valence-corrected chi connectivity index (χ2v) is 3.24. The van der Waals surface area contributed by atoms with Gasteiger partial charge in [0.05, 0.1) is 0 Å². The molecule has 0 aromatic heterocycles. The number of hydrogen-bond acceptors (Lipinski definition) is 0. The van der Waals surface area contributed by atoms with E-state index < -0.39 is 0 Å². The van der Waals surface area contributed by atoms with Crippen molar-refractivity contribution < 1.29 is 0 Å². The van der Waals surface area contributed by atoms with E-state index in [2.05, 4.69) is 43.3 Å². The predicted octanol–water partition coefficient (Wildman–Crippen LogP) is 2.89. The molecular formula is C11H12. The highest BCUT2D eigenvalue weighted by molar-refractivity contribution is 5.56. The summed E-state index contributed by atoms with van der Waals surface area (Å²) in [4.78, 5) is 0. The maximum absolute atomic E-state index is 2.28. The lowest BCUT2D eigenvalue weighted by Gasteiger charge is -2.14. The van der Waals surface area contributed by atoms with E-state index in [1.54, 1.807) is 0 Å². The Labute approximate surface area is 67.6 Å². The Kier molecular flexibility index (Phi) is 1.54. The van der Waals surface area contributed by atoms with Gasteiger partial charge in [0.2, 0.25) is 0 Å². The molecule has 0 fully saturated rings. The Morgan fingerprint density at radius 2 is 2.09 bits per heavy atom. The molecule has 0 heterocycles. The molecule has 0 heteroatoms. The third-order valence-electron chi connectivity index (χ3n) is 2.20. The van der Waals surface area contributed by atoms with Gasteiger partial charge in [-0.15, -0.1) is 0 Å². The molecule has 1 aliphatic carbocycles. The maximum atomic E-state index is 2.28. The van der Waals surface area contributed by atoms with Crippen molar-refractivity contribution >= 4 is 6.08 Å². The number of rotatable bonds is 0. The lowest BCUT2D eigenvalue weighted by Crippen LogP contribution is -2.02. The molecule has 1 aliphatic rings. The average Bonchev–Trinajstić information content (AvgIpc) is 2.04. The van der Waals surface area contributed by atoms with E-state index in [0.717, 1.165) is 0 Å². The van der Waals surface area contributed by atoms with Crippen LogP contribution in [-0.2, 0) is 6.42 Å². The van der Waals surface area contributed by atoms with E-state index in [1.165, 1.54) is 17.5 Å². The molecule has 0 saturated heterocycles. The quantitative estimate of drug-likeness (QED) is 0.525. The highest BCUT2D eigenvalue weighted by atomic mass is 14.1. The fraction of sp³-hybridized carbons (Fsp3) is 0.273. The Bertz CT molecular complexity index is 284. The second kappa shape index (κ2) is 2.54. The minimum Gasteiger partial charge on any atom is -0.0808 e. The minimum absolute atomic E-state index is 0.713. The highest BCUT2D eigenvalue weighted by Gasteiger charge is 2.07. The zero-order valence-electron chi connectivity index (χ0n) is 6.75. The van der Waals surface area contributed by atoms with Crippen LogP contribution < -0.4 is 0 Å². The van der Waals surface area contributed by atoms with Crippen molar-refractivity contribution in [2.75, 3.05) is 0 Å². The molecule has 0 radical (unpaired) electrons. The van der Waals surface area contributed by atoms with E-state index in [-0.39, 0.29) is 0 Å². The molecule has 11 heavy (non-hydrogen) atoms. The molecule has 0 spiro atoms. The van der Waals surface area contributed by atoms with Crippen LogP contribution in [0.25, 0.3) is 6.08 Å². The van der Waals surface area contributed by atoms with Gasteiger partial charge >= 0.3 is 0 Å². The molecule has 2 rings (SSSR count). The molecule has 0 saturated carbocycles. The summed E-state index contributed by atoms with van der Waals surface area (Å²) in [5.74, 6) is 0.713. The van der Waals surface area contributed by atoms with Gasteiger partial charge in [0.15, 0.2) is 0 Å². The van der Waals surface area contributed by atoms with Crippen LogP contribution in [0.1, 0.15) is 18.1 Å². The average molecular weight is 144 g/mol. The number of fused-ring (bicyclic) bond motifs is 1.